The van der Waals surface area contributed by atoms with Crippen molar-refractivity contribution in [1.82, 2.24) is 9.97 Å². The predicted octanol–water partition coefficient (Wildman–Crippen LogP) is 1.39. The molecule has 84 valence electrons. The number of carbonyl (C=O) groups is 1. The molecule has 1 rings (SSSR count). The van der Waals surface area contributed by atoms with Crippen LogP contribution in [-0.4, -0.2) is 27.1 Å². The van der Waals surface area contributed by atoms with Gasteiger partial charge in [-0.15, -0.1) is 12.3 Å². The third kappa shape index (κ3) is 3.24. The van der Waals surface area contributed by atoms with Crippen molar-refractivity contribution in [1.29, 1.82) is 0 Å². The molecule has 0 aromatic carbocycles. The van der Waals surface area contributed by atoms with Crippen molar-refractivity contribution in [2.45, 2.75) is 25.8 Å². The van der Waals surface area contributed by atoms with E-state index in [0.717, 1.165) is 6.42 Å². The highest BCUT2D eigenvalue weighted by molar-refractivity contribution is 5.85. The molecular formula is C11H13N3O2. The topological polar surface area (TPSA) is 75.1 Å². The van der Waals surface area contributed by atoms with Crippen LogP contribution in [0.25, 0.3) is 0 Å². The Balaban J connectivity index is 2.77. The summed E-state index contributed by atoms with van der Waals surface area (Å²) in [4.78, 5) is 18.5. The summed E-state index contributed by atoms with van der Waals surface area (Å²) < 4.78 is 0. The molecule has 1 aromatic heterocycles. The first-order chi connectivity index (χ1) is 7.67. The van der Waals surface area contributed by atoms with Gasteiger partial charge in [-0.2, -0.15) is 0 Å². The molecule has 5 nitrogen and oxygen atoms in total. The van der Waals surface area contributed by atoms with Crippen LogP contribution >= 0.6 is 0 Å². The van der Waals surface area contributed by atoms with Gasteiger partial charge in [0.2, 0.25) is 5.95 Å². The number of carboxylic acids is 1. The van der Waals surface area contributed by atoms with Crippen LogP contribution in [0.3, 0.4) is 0 Å². The van der Waals surface area contributed by atoms with E-state index in [1.54, 1.807) is 0 Å². The molecule has 0 saturated heterocycles. The van der Waals surface area contributed by atoms with Crippen LogP contribution in [0.2, 0.25) is 0 Å². The second kappa shape index (κ2) is 5.71. The Morgan fingerprint density at radius 1 is 1.75 bits per heavy atom. The fraction of sp³-hybridized carbons (Fsp3) is 0.364. The smallest absolute Gasteiger partial charge is 0.354 e. The molecule has 0 saturated carbocycles. The van der Waals surface area contributed by atoms with E-state index in [2.05, 4.69) is 21.2 Å². The highest BCUT2D eigenvalue weighted by atomic mass is 16.4. The Morgan fingerprint density at radius 2 is 2.50 bits per heavy atom. The van der Waals surface area contributed by atoms with E-state index < -0.39 is 5.97 Å². The van der Waals surface area contributed by atoms with Gasteiger partial charge in [-0.25, -0.2) is 14.8 Å². The van der Waals surface area contributed by atoms with Crippen LogP contribution in [-0.2, 0) is 0 Å². The maximum atomic E-state index is 10.7. The number of anilines is 1. The van der Waals surface area contributed by atoms with Crippen molar-refractivity contribution in [2.75, 3.05) is 5.32 Å². The summed E-state index contributed by atoms with van der Waals surface area (Å²) in [6.07, 6.45) is 7.99. The summed E-state index contributed by atoms with van der Waals surface area (Å²) in [6, 6.07) is 1.41. The van der Waals surface area contributed by atoms with Crippen molar-refractivity contribution in [3.63, 3.8) is 0 Å². The quantitative estimate of drug-likeness (QED) is 0.732. The molecular weight excluding hydrogens is 206 g/mol. The molecule has 2 N–H and O–H groups in total. The zero-order valence-electron chi connectivity index (χ0n) is 8.97. The third-order valence-electron chi connectivity index (χ3n) is 2.06. The van der Waals surface area contributed by atoms with Gasteiger partial charge in [0.05, 0.1) is 0 Å². The fourth-order valence-corrected chi connectivity index (χ4v) is 1.17. The Kier molecular flexibility index (Phi) is 4.28. The number of nitrogens with zero attached hydrogens (tertiary/aromatic N) is 2. The lowest BCUT2D eigenvalue weighted by Crippen LogP contribution is -2.20. The van der Waals surface area contributed by atoms with E-state index in [1.165, 1.54) is 12.3 Å². The monoisotopic (exact) mass is 219 g/mol. The molecule has 0 aliphatic heterocycles. The van der Waals surface area contributed by atoms with Crippen LogP contribution in [0.5, 0.6) is 0 Å². The maximum absolute atomic E-state index is 10.7. The van der Waals surface area contributed by atoms with Crippen LogP contribution in [0, 0.1) is 12.3 Å². The van der Waals surface area contributed by atoms with E-state index in [-0.39, 0.29) is 11.7 Å². The number of hydrogen-bond donors (Lipinski definition) is 2. The summed E-state index contributed by atoms with van der Waals surface area (Å²) in [5.41, 5.74) is -0.0342. The summed E-state index contributed by atoms with van der Waals surface area (Å²) in [6.45, 7) is 1.98. The minimum atomic E-state index is -1.07. The second-order valence-electron chi connectivity index (χ2n) is 3.23. The Bertz CT molecular complexity index is 412. The van der Waals surface area contributed by atoms with Crippen molar-refractivity contribution < 1.29 is 9.90 Å². The van der Waals surface area contributed by atoms with Gasteiger partial charge in [0.15, 0.2) is 5.69 Å². The van der Waals surface area contributed by atoms with Crippen LogP contribution in [0.4, 0.5) is 5.95 Å². The Morgan fingerprint density at radius 3 is 3.06 bits per heavy atom. The van der Waals surface area contributed by atoms with Crippen molar-refractivity contribution in [3.05, 3.63) is 18.0 Å². The molecule has 0 spiro atoms. The lowest BCUT2D eigenvalue weighted by Gasteiger charge is -2.13. The first-order valence-corrected chi connectivity index (χ1v) is 4.93. The summed E-state index contributed by atoms with van der Waals surface area (Å²) in [5.74, 6) is 1.76. The van der Waals surface area contributed by atoms with Gasteiger partial charge in [0.25, 0.3) is 0 Å². The Labute approximate surface area is 93.9 Å². The number of rotatable bonds is 5. The second-order valence-corrected chi connectivity index (χ2v) is 3.23. The highest BCUT2D eigenvalue weighted by Gasteiger charge is 2.09. The largest absolute Gasteiger partial charge is 0.477 e. The molecule has 0 fully saturated rings. The number of aromatic carboxylic acids is 1. The van der Waals surface area contributed by atoms with Crippen LogP contribution in [0.15, 0.2) is 12.3 Å². The molecule has 0 aliphatic rings. The minimum absolute atomic E-state index is 0.0342. The van der Waals surface area contributed by atoms with E-state index >= 15 is 0 Å². The van der Waals surface area contributed by atoms with Crippen molar-refractivity contribution >= 4 is 11.9 Å². The normalized spacial score (nSPS) is 11.5. The summed E-state index contributed by atoms with van der Waals surface area (Å²) in [5, 5.41) is 11.8. The molecule has 0 radical (unpaired) electrons. The van der Waals surface area contributed by atoms with Gasteiger partial charge < -0.3 is 10.4 Å². The van der Waals surface area contributed by atoms with Gasteiger partial charge in [-0.3, -0.25) is 0 Å². The van der Waals surface area contributed by atoms with Crippen molar-refractivity contribution in [3.8, 4) is 12.3 Å². The molecule has 5 heteroatoms. The molecule has 0 bridgehead atoms. The number of aromatic nitrogens is 2. The summed E-state index contributed by atoms with van der Waals surface area (Å²) >= 11 is 0. The molecule has 16 heavy (non-hydrogen) atoms. The predicted molar refractivity (Wildman–Crippen MR) is 60.1 cm³/mol. The lowest BCUT2D eigenvalue weighted by molar-refractivity contribution is 0.0690. The number of nitrogens with one attached hydrogen (secondary N) is 1. The standard InChI is InChI=1S/C11H13N3O2/c1-3-5-8(4-2)13-11-12-7-6-9(14-11)10(15)16/h1,6-8H,4-5H2,2H3,(H,15,16)(H,12,13,14). The molecule has 1 aromatic rings. The van der Waals surface area contributed by atoms with Gasteiger partial charge in [-0.1, -0.05) is 6.92 Å². The van der Waals surface area contributed by atoms with Gasteiger partial charge in [0.1, 0.15) is 0 Å². The SMILES string of the molecule is C#CCC(CC)Nc1nccc(C(=O)O)n1. The molecule has 1 heterocycles. The van der Waals surface area contributed by atoms with Gasteiger partial charge in [0, 0.05) is 18.7 Å². The third-order valence-corrected chi connectivity index (χ3v) is 2.06. The molecule has 0 aliphatic carbocycles. The summed E-state index contributed by atoms with van der Waals surface area (Å²) in [7, 11) is 0. The Hall–Kier alpha value is -2.09. The average Bonchev–Trinajstić information content (AvgIpc) is 2.29. The molecule has 0 amide bonds. The lowest BCUT2D eigenvalue weighted by atomic mass is 10.2. The van der Waals surface area contributed by atoms with E-state index in [4.69, 9.17) is 11.5 Å². The number of terminal acetylenes is 1. The van der Waals surface area contributed by atoms with Gasteiger partial charge >= 0.3 is 5.97 Å². The first-order valence-electron chi connectivity index (χ1n) is 4.93. The molecule has 1 atom stereocenters. The van der Waals surface area contributed by atoms with Crippen LogP contribution < -0.4 is 5.32 Å². The zero-order valence-corrected chi connectivity index (χ0v) is 8.97. The fourth-order valence-electron chi connectivity index (χ4n) is 1.17. The average molecular weight is 219 g/mol. The minimum Gasteiger partial charge on any atom is -0.477 e. The van der Waals surface area contributed by atoms with Crippen molar-refractivity contribution in [2.24, 2.45) is 0 Å². The van der Waals surface area contributed by atoms with E-state index in [1.807, 2.05) is 6.92 Å². The van der Waals surface area contributed by atoms with Crippen LogP contribution in [0.1, 0.15) is 30.3 Å². The zero-order chi connectivity index (χ0) is 12.0. The first kappa shape index (κ1) is 12.0. The van der Waals surface area contributed by atoms with Gasteiger partial charge in [-0.05, 0) is 12.5 Å². The van der Waals surface area contributed by atoms with E-state index in [9.17, 15) is 4.79 Å². The number of carboxylic acid groups (broad SMARTS) is 1. The van der Waals surface area contributed by atoms with E-state index in [0.29, 0.717) is 12.4 Å². The molecule has 1 unspecified atom stereocenters. The maximum Gasteiger partial charge on any atom is 0.354 e. The highest BCUT2D eigenvalue weighted by Crippen LogP contribution is 2.06. The number of hydrogen-bond acceptors (Lipinski definition) is 4.